The summed E-state index contributed by atoms with van der Waals surface area (Å²) in [5, 5.41) is 7.43. The van der Waals surface area contributed by atoms with E-state index in [4.69, 9.17) is 11.1 Å². The first-order valence-corrected chi connectivity index (χ1v) is 6.62. The van der Waals surface area contributed by atoms with E-state index in [1.807, 2.05) is 23.9 Å². The van der Waals surface area contributed by atoms with Gasteiger partial charge in [-0.25, -0.2) is 0 Å². The molecule has 0 aliphatic heterocycles. The van der Waals surface area contributed by atoms with Crippen LogP contribution in [0, 0.1) is 11.3 Å². The molecule has 0 spiro atoms. The van der Waals surface area contributed by atoms with Crippen LogP contribution in [0.25, 0.3) is 0 Å². The summed E-state index contributed by atoms with van der Waals surface area (Å²) in [6.45, 7) is 4.46. The Labute approximate surface area is 101 Å². The first-order valence-electron chi connectivity index (χ1n) is 5.47. The maximum atomic E-state index is 7.43. The number of hydrogen-bond acceptors (Lipinski definition) is 3. The Bertz CT molecular complexity index is 350. The number of amidine groups is 1. The first-order chi connectivity index (χ1) is 7.61. The Kier molecular flexibility index (Phi) is 5.32. The molecular weight excluding hydrogens is 218 g/mol. The van der Waals surface area contributed by atoms with Gasteiger partial charge < -0.3 is 5.73 Å². The second-order valence-corrected chi connectivity index (χ2v) is 5.27. The fourth-order valence-electron chi connectivity index (χ4n) is 1.30. The molecule has 0 atom stereocenters. The Morgan fingerprint density at radius 3 is 2.94 bits per heavy atom. The summed E-state index contributed by atoms with van der Waals surface area (Å²) in [6.07, 6.45) is 2.90. The number of nitrogen functional groups attached to an aromatic ring is 1. The molecule has 0 saturated carbocycles. The van der Waals surface area contributed by atoms with E-state index in [9.17, 15) is 0 Å². The fourth-order valence-corrected chi connectivity index (χ4v) is 2.53. The van der Waals surface area contributed by atoms with Crippen LogP contribution in [0.2, 0.25) is 0 Å². The molecule has 0 saturated heterocycles. The van der Waals surface area contributed by atoms with Crippen LogP contribution in [-0.2, 0) is 5.75 Å². The smallest absolute Gasteiger partial charge is 0.142 e. The minimum Gasteiger partial charge on any atom is -0.382 e. The zero-order valence-corrected chi connectivity index (χ0v) is 10.7. The van der Waals surface area contributed by atoms with Crippen LogP contribution in [0.1, 0.15) is 31.5 Å². The Hall–Kier alpha value is -1.03. The van der Waals surface area contributed by atoms with Crippen molar-refractivity contribution in [3.8, 4) is 0 Å². The van der Waals surface area contributed by atoms with Gasteiger partial charge in [-0.15, -0.1) is 0 Å². The van der Waals surface area contributed by atoms with Crippen molar-refractivity contribution in [3.63, 3.8) is 0 Å². The quantitative estimate of drug-likeness (QED) is 0.454. The van der Waals surface area contributed by atoms with E-state index in [1.165, 1.54) is 6.42 Å². The van der Waals surface area contributed by atoms with Gasteiger partial charge in [-0.3, -0.25) is 10.4 Å². The molecular formula is C12H19N3S. The van der Waals surface area contributed by atoms with E-state index in [1.54, 1.807) is 6.20 Å². The first kappa shape index (κ1) is 13.0. The maximum Gasteiger partial charge on any atom is 0.142 e. The zero-order chi connectivity index (χ0) is 12.0. The molecule has 3 nitrogen and oxygen atoms in total. The molecule has 0 fully saturated rings. The van der Waals surface area contributed by atoms with Gasteiger partial charge in [0.2, 0.25) is 0 Å². The predicted molar refractivity (Wildman–Crippen MR) is 70.9 cm³/mol. The van der Waals surface area contributed by atoms with Gasteiger partial charge in [-0.05, 0) is 29.7 Å². The second kappa shape index (κ2) is 6.53. The molecule has 1 aromatic rings. The summed E-state index contributed by atoms with van der Waals surface area (Å²) in [5.41, 5.74) is 7.16. The lowest BCUT2D eigenvalue weighted by Crippen LogP contribution is -2.15. The molecule has 0 aromatic carbocycles. The molecule has 0 radical (unpaired) electrons. The van der Waals surface area contributed by atoms with E-state index >= 15 is 0 Å². The molecule has 3 N–H and O–H groups in total. The SMILES string of the molecule is CC(C)CCSCc1cccnc1C(=N)N. The van der Waals surface area contributed by atoms with Gasteiger partial charge in [-0.2, -0.15) is 11.8 Å². The molecule has 0 aliphatic rings. The number of pyridine rings is 1. The highest BCUT2D eigenvalue weighted by Crippen LogP contribution is 2.17. The second-order valence-electron chi connectivity index (χ2n) is 4.16. The predicted octanol–water partition coefficient (Wildman–Crippen LogP) is 2.64. The van der Waals surface area contributed by atoms with Crippen molar-refractivity contribution in [3.05, 3.63) is 29.6 Å². The van der Waals surface area contributed by atoms with Crippen LogP contribution in [0.3, 0.4) is 0 Å². The number of hydrogen-bond donors (Lipinski definition) is 2. The molecule has 1 rings (SSSR count). The number of thioether (sulfide) groups is 1. The standard InChI is InChI=1S/C12H19N3S/c1-9(2)5-7-16-8-10-4-3-6-15-11(10)12(13)14/h3-4,6,9H,5,7-8H2,1-2H3,(H3,13,14). The zero-order valence-electron chi connectivity index (χ0n) is 9.86. The third-order valence-electron chi connectivity index (χ3n) is 2.24. The van der Waals surface area contributed by atoms with E-state index in [-0.39, 0.29) is 5.84 Å². The number of nitrogens with one attached hydrogen (secondary N) is 1. The summed E-state index contributed by atoms with van der Waals surface area (Å²) in [5.74, 6) is 2.83. The van der Waals surface area contributed by atoms with Crippen molar-refractivity contribution in [2.24, 2.45) is 11.7 Å². The average Bonchev–Trinajstić information content (AvgIpc) is 2.24. The summed E-state index contributed by atoms with van der Waals surface area (Å²) in [4.78, 5) is 4.13. The van der Waals surface area contributed by atoms with Crippen molar-refractivity contribution in [2.45, 2.75) is 26.0 Å². The van der Waals surface area contributed by atoms with Gasteiger partial charge in [0, 0.05) is 11.9 Å². The molecule has 4 heteroatoms. The highest BCUT2D eigenvalue weighted by molar-refractivity contribution is 7.98. The molecule has 0 amide bonds. The summed E-state index contributed by atoms with van der Waals surface area (Å²) < 4.78 is 0. The van der Waals surface area contributed by atoms with Crippen molar-refractivity contribution in [2.75, 3.05) is 5.75 Å². The molecule has 88 valence electrons. The normalized spacial score (nSPS) is 10.7. The van der Waals surface area contributed by atoms with Crippen LogP contribution in [0.4, 0.5) is 0 Å². The van der Waals surface area contributed by atoms with Crippen molar-refractivity contribution >= 4 is 17.6 Å². The maximum absolute atomic E-state index is 7.43. The van der Waals surface area contributed by atoms with Crippen molar-refractivity contribution in [1.29, 1.82) is 5.41 Å². The van der Waals surface area contributed by atoms with Crippen molar-refractivity contribution < 1.29 is 0 Å². The molecule has 1 aromatic heterocycles. The average molecular weight is 237 g/mol. The highest BCUT2D eigenvalue weighted by Gasteiger charge is 2.05. The lowest BCUT2D eigenvalue weighted by Gasteiger charge is -2.07. The van der Waals surface area contributed by atoms with Crippen LogP contribution >= 0.6 is 11.8 Å². The highest BCUT2D eigenvalue weighted by atomic mass is 32.2. The Morgan fingerprint density at radius 1 is 1.56 bits per heavy atom. The molecule has 1 heterocycles. The van der Waals surface area contributed by atoms with Gasteiger partial charge in [0.1, 0.15) is 11.5 Å². The van der Waals surface area contributed by atoms with Gasteiger partial charge in [0.05, 0.1) is 0 Å². The fraction of sp³-hybridized carbons (Fsp3) is 0.500. The summed E-state index contributed by atoms with van der Waals surface area (Å²) in [6, 6.07) is 3.89. The lowest BCUT2D eigenvalue weighted by molar-refractivity contribution is 0.632. The monoisotopic (exact) mass is 237 g/mol. The third kappa shape index (κ3) is 4.23. The Morgan fingerprint density at radius 2 is 2.31 bits per heavy atom. The number of nitrogens with two attached hydrogens (primary N) is 1. The van der Waals surface area contributed by atoms with Gasteiger partial charge in [0.25, 0.3) is 0 Å². The largest absolute Gasteiger partial charge is 0.382 e. The van der Waals surface area contributed by atoms with Crippen LogP contribution < -0.4 is 5.73 Å². The topological polar surface area (TPSA) is 62.8 Å². The van der Waals surface area contributed by atoms with Crippen LogP contribution in [-0.4, -0.2) is 16.6 Å². The van der Waals surface area contributed by atoms with Crippen molar-refractivity contribution in [1.82, 2.24) is 4.98 Å². The van der Waals surface area contributed by atoms with Crippen LogP contribution in [0.5, 0.6) is 0 Å². The van der Waals surface area contributed by atoms with Gasteiger partial charge in [0.15, 0.2) is 0 Å². The van der Waals surface area contributed by atoms with Crippen LogP contribution in [0.15, 0.2) is 18.3 Å². The summed E-state index contributed by atoms with van der Waals surface area (Å²) >= 11 is 1.87. The minimum atomic E-state index is 0.0556. The van der Waals surface area contributed by atoms with E-state index in [0.717, 1.165) is 23.0 Å². The minimum absolute atomic E-state index is 0.0556. The van der Waals surface area contributed by atoms with E-state index in [0.29, 0.717) is 5.69 Å². The van der Waals surface area contributed by atoms with Gasteiger partial charge >= 0.3 is 0 Å². The van der Waals surface area contributed by atoms with E-state index < -0.39 is 0 Å². The van der Waals surface area contributed by atoms with Gasteiger partial charge in [-0.1, -0.05) is 19.9 Å². The number of aromatic nitrogens is 1. The summed E-state index contributed by atoms with van der Waals surface area (Å²) in [7, 11) is 0. The molecule has 0 bridgehead atoms. The third-order valence-corrected chi connectivity index (χ3v) is 3.28. The number of rotatable bonds is 6. The Balaban J connectivity index is 2.50. The molecule has 16 heavy (non-hydrogen) atoms. The lowest BCUT2D eigenvalue weighted by atomic mass is 10.2. The molecule has 0 aliphatic carbocycles. The van der Waals surface area contributed by atoms with E-state index in [2.05, 4.69) is 18.8 Å². The molecule has 0 unspecified atom stereocenters. The number of nitrogens with zero attached hydrogens (tertiary/aromatic N) is 1.